The summed E-state index contributed by atoms with van der Waals surface area (Å²) in [4.78, 5) is 27.3. The summed E-state index contributed by atoms with van der Waals surface area (Å²) >= 11 is 0. The van der Waals surface area contributed by atoms with Crippen molar-refractivity contribution in [3.63, 3.8) is 0 Å². The number of amides is 1. The number of aliphatic carboxylic acids is 1. The number of carboxylic acids is 1. The lowest BCUT2D eigenvalue weighted by molar-refractivity contribution is -0.146. The van der Waals surface area contributed by atoms with Crippen LogP contribution >= 0.6 is 0 Å². The first kappa shape index (κ1) is 18.0. The predicted molar refractivity (Wildman–Crippen MR) is 83.0 cm³/mol. The first-order chi connectivity index (χ1) is 9.70. The van der Waals surface area contributed by atoms with Gasteiger partial charge in [-0.25, -0.2) is 0 Å². The number of carbonyl (C=O) groups excluding carboxylic acids is 1. The molecular formula is C16H30N2O3. The molecule has 1 atom stereocenters. The maximum atomic E-state index is 12.4. The number of hydrogen-bond donors (Lipinski definition) is 1. The average molecular weight is 298 g/mol. The van der Waals surface area contributed by atoms with Crippen molar-refractivity contribution in [3.8, 4) is 0 Å². The molecule has 122 valence electrons. The summed E-state index contributed by atoms with van der Waals surface area (Å²) in [6, 6.07) is 0. The van der Waals surface area contributed by atoms with Crippen molar-refractivity contribution in [2.75, 3.05) is 32.7 Å². The van der Waals surface area contributed by atoms with Gasteiger partial charge < -0.3 is 10.0 Å². The Morgan fingerprint density at radius 1 is 1.10 bits per heavy atom. The Balaban J connectivity index is 2.43. The average Bonchev–Trinajstić information content (AvgIpc) is 2.29. The maximum Gasteiger partial charge on any atom is 0.306 e. The zero-order valence-electron chi connectivity index (χ0n) is 14.0. The van der Waals surface area contributed by atoms with E-state index in [0.717, 1.165) is 26.2 Å². The topological polar surface area (TPSA) is 60.9 Å². The number of rotatable bonds is 8. The van der Waals surface area contributed by atoms with Crippen LogP contribution in [0.15, 0.2) is 0 Å². The Bertz CT molecular complexity index is 353. The summed E-state index contributed by atoms with van der Waals surface area (Å²) in [6.07, 6.45) is 0. The molecule has 21 heavy (non-hydrogen) atoms. The fourth-order valence-electron chi connectivity index (χ4n) is 2.71. The Kier molecular flexibility index (Phi) is 6.65. The van der Waals surface area contributed by atoms with E-state index >= 15 is 0 Å². The summed E-state index contributed by atoms with van der Waals surface area (Å²) in [5, 5.41) is 8.98. The predicted octanol–water partition coefficient (Wildman–Crippen LogP) is 1.78. The molecule has 5 nitrogen and oxygen atoms in total. The van der Waals surface area contributed by atoms with Gasteiger partial charge in [-0.2, -0.15) is 0 Å². The SMILES string of the molecule is CC(C)CN(CC(C)C)C(=O)CN1CC(C(C)C(=O)O)C1. The van der Waals surface area contributed by atoms with Crippen LogP contribution < -0.4 is 0 Å². The van der Waals surface area contributed by atoms with Crippen molar-refractivity contribution >= 4 is 11.9 Å². The second kappa shape index (κ2) is 7.78. The highest BCUT2D eigenvalue weighted by Crippen LogP contribution is 2.23. The van der Waals surface area contributed by atoms with Crippen LogP contribution in [0.4, 0.5) is 0 Å². The van der Waals surface area contributed by atoms with E-state index in [-0.39, 0.29) is 17.7 Å². The monoisotopic (exact) mass is 298 g/mol. The minimum Gasteiger partial charge on any atom is -0.481 e. The van der Waals surface area contributed by atoms with E-state index in [0.29, 0.717) is 18.4 Å². The van der Waals surface area contributed by atoms with Crippen LogP contribution in [0.2, 0.25) is 0 Å². The Morgan fingerprint density at radius 3 is 1.95 bits per heavy atom. The number of carbonyl (C=O) groups is 2. The maximum absolute atomic E-state index is 12.4. The Morgan fingerprint density at radius 2 is 1.57 bits per heavy atom. The number of likely N-dealkylation sites (tertiary alicyclic amines) is 1. The molecule has 1 amide bonds. The summed E-state index contributed by atoms with van der Waals surface area (Å²) in [6.45, 7) is 13.7. The van der Waals surface area contributed by atoms with E-state index in [4.69, 9.17) is 5.11 Å². The molecule has 1 saturated heterocycles. The second-order valence-corrected chi connectivity index (χ2v) is 7.17. The van der Waals surface area contributed by atoms with E-state index in [2.05, 4.69) is 32.6 Å². The second-order valence-electron chi connectivity index (χ2n) is 7.17. The molecule has 0 spiro atoms. The zero-order valence-corrected chi connectivity index (χ0v) is 14.0. The van der Waals surface area contributed by atoms with Crippen LogP contribution in [0.1, 0.15) is 34.6 Å². The molecule has 1 rings (SSSR count). The highest BCUT2D eigenvalue weighted by molar-refractivity contribution is 5.78. The van der Waals surface area contributed by atoms with Gasteiger partial charge >= 0.3 is 5.97 Å². The van der Waals surface area contributed by atoms with Crippen LogP contribution in [0.3, 0.4) is 0 Å². The highest BCUT2D eigenvalue weighted by Gasteiger charge is 2.35. The van der Waals surface area contributed by atoms with Crippen molar-refractivity contribution in [3.05, 3.63) is 0 Å². The van der Waals surface area contributed by atoms with Gasteiger partial charge in [0.25, 0.3) is 0 Å². The fraction of sp³-hybridized carbons (Fsp3) is 0.875. The van der Waals surface area contributed by atoms with E-state index in [9.17, 15) is 9.59 Å². The molecule has 5 heteroatoms. The van der Waals surface area contributed by atoms with Crippen molar-refractivity contribution in [1.82, 2.24) is 9.80 Å². The molecule has 0 aromatic heterocycles. The first-order valence-electron chi connectivity index (χ1n) is 7.93. The lowest BCUT2D eigenvalue weighted by atomic mass is 9.87. The van der Waals surface area contributed by atoms with Crippen LogP contribution in [-0.4, -0.2) is 59.5 Å². The molecular weight excluding hydrogens is 268 g/mol. The Labute approximate surface area is 128 Å². The normalized spacial score (nSPS) is 17.9. The fourth-order valence-corrected chi connectivity index (χ4v) is 2.71. The molecule has 0 aromatic rings. The van der Waals surface area contributed by atoms with Gasteiger partial charge in [0.1, 0.15) is 0 Å². The minimum absolute atomic E-state index is 0.166. The molecule has 1 fully saturated rings. The van der Waals surface area contributed by atoms with Crippen molar-refractivity contribution in [2.45, 2.75) is 34.6 Å². The first-order valence-corrected chi connectivity index (χ1v) is 7.93. The lowest BCUT2D eigenvalue weighted by Crippen LogP contribution is -2.54. The third-order valence-corrected chi connectivity index (χ3v) is 3.96. The van der Waals surface area contributed by atoms with Crippen LogP contribution in [0, 0.1) is 23.7 Å². The van der Waals surface area contributed by atoms with Gasteiger partial charge in [0, 0.05) is 26.2 Å². The van der Waals surface area contributed by atoms with Gasteiger partial charge in [0.15, 0.2) is 0 Å². The largest absolute Gasteiger partial charge is 0.481 e. The molecule has 1 aliphatic heterocycles. The van der Waals surface area contributed by atoms with Gasteiger partial charge in [0.05, 0.1) is 12.5 Å². The molecule has 0 aromatic carbocycles. The zero-order chi connectivity index (χ0) is 16.2. The third kappa shape index (κ3) is 5.65. The van der Waals surface area contributed by atoms with Gasteiger partial charge in [0.2, 0.25) is 5.91 Å². The lowest BCUT2D eigenvalue weighted by Gasteiger charge is -2.41. The molecule has 0 radical (unpaired) electrons. The quantitative estimate of drug-likeness (QED) is 0.742. The van der Waals surface area contributed by atoms with Crippen molar-refractivity contribution in [1.29, 1.82) is 0 Å². The molecule has 0 aliphatic carbocycles. The van der Waals surface area contributed by atoms with Crippen molar-refractivity contribution < 1.29 is 14.7 Å². The molecule has 0 saturated carbocycles. The number of carboxylic acid groups (broad SMARTS) is 1. The van der Waals surface area contributed by atoms with Gasteiger partial charge in [-0.1, -0.05) is 34.6 Å². The number of hydrogen-bond acceptors (Lipinski definition) is 3. The smallest absolute Gasteiger partial charge is 0.306 e. The summed E-state index contributed by atoms with van der Waals surface area (Å²) in [5.41, 5.74) is 0. The third-order valence-electron chi connectivity index (χ3n) is 3.96. The Hall–Kier alpha value is -1.10. The summed E-state index contributed by atoms with van der Waals surface area (Å²) < 4.78 is 0. The van der Waals surface area contributed by atoms with Crippen molar-refractivity contribution in [2.24, 2.45) is 23.7 Å². The molecule has 1 heterocycles. The van der Waals surface area contributed by atoms with Gasteiger partial charge in [-0.05, 0) is 17.8 Å². The van der Waals surface area contributed by atoms with Gasteiger partial charge in [-0.3, -0.25) is 14.5 Å². The van der Waals surface area contributed by atoms with E-state index in [1.165, 1.54) is 0 Å². The van der Waals surface area contributed by atoms with Crippen LogP contribution in [-0.2, 0) is 9.59 Å². The molecule has 1 unspecified atom stereocenters. The van der Waals surface area contributed by atoms with E-state index in [1.54, 1.807) is 6.92 Å². The molecule has 1 aliphatic rings. The molecule has 0 bridgehead atoms. The highest BCUT2D eigenvalue weighted by atomic mass is 16.4. The summed E-state index contributed by atoms with van der Waals surface area (Å²) in [5.74, 6) is 0.205. The van der Waals surface area contributed by atoms with Crippen LogP contribution in [0.5, 0.6) is 0 Å². The summed E-state index contributed by atoms with van der Waals surface area (Å²) in [7, 11) is 0. The molecule has 1 N–H and O–H groups in total. The van der Waals surface area contributed by atoms with Gasteiger partial charge in [-0.15, -0.1) is 0 Å². The van der Waals surface area contributed by atoms with E-state index in [1.807, 2.05) is 4.90 Å². The van der Waals surface area contributed by atoms with E-state index < -0.39 is 5.97 Å². The number of nitrogens with zero attached hydrogens (tertiary/aromatic N) is 2. The van der Waals surface area contributed by atoms with Crippen LogP contribution in [0.25, 0.3) is 0 Å². The minimum atomic E-state index is -0.743. The standard InChI is InChI=1S/C16H30N2O3/c1-11(2)6-18(7-12(3)4)15(19)10-17-8-14(9-17)13(5)16(20)21/h11-14H,6-10H2,1-5H3,(H,20,21).